The largest absolute Gasteiger partial charge is 0.382 e. The molecule has 0 bridgehead atoms. The van der Waals surface area contributed by atoms with Gasteiger partial charge in [-0.25, -0.2) is 0 Å². The van der Waals surface area contributed by atoms with Crippen molar-refractivity contribution in [3.05, 3.63) is 33.9 Å². The summed E-state index contributed by atoms with van der Waals surface area (Å²) in [5.74, 6) is -0.311. The van der Waals surface area contributed by atoms with Crippen LogP contribution < -0.4 is 10.6 Å². The first-order valence-corrected chi connectivity index (χ1v) is 7.06. The first-order chi connectivity index (χ1) is 9.01. The predicted molar refractivity (Wildman–Crippen MR) is 78.0 cm³/mol. The summed E-state index contributed by atoms with van der Waals surface area (Å²) in [4.78, 5) is 22.4. The molecule has 7 heteroatoms. The molecule has 1 rings (SSSR count). The summed E-state index contributed by atoms with van der Waals surface area (Å²) in [6.07, 6.45) is 1.96. The number of nitrogens with zero attached hydrogens (tertiary/aromatic N) is 1. The highest BCUT2D eigenvalue weighted by atomic mass is 32.2. The molecular formula is C12H17N3O3S. The zero-order chi connectivity index (χ0) is 14.4. The van der Waals surface area contributed by atoms with Crippen molar-refractivity contribution in [1.29, 1.82) is 0 Å². The topological polar surface area (TPSA) is 84.3 Å². The third kappa shape index (κ3) is 3.85. The van der Waals surface area contributed by atoms with E-state index in [0.717, 1.165) is 0 Å². The third-order valence-corrected chi connectivity index (χ3v) is 3.66. The molecule has 1 amide bonds. The Balaban J connectivity index is 2.96. The normalized spacial score (nSPS) is 11.7. The van der Waals surface area contributed by atoms with Crippen LogP contribution in [-0.4, -0.2) is 35.9 Å². The molecular weight excluding hydrogens is 266 g/mol. The Labute approximate surface area is 116 Å². The number of rotatable bonds is 6. The van der Waals surface area contributed by atoms with Gasteiger partial charge in [0.1, 0.15) is 5.69 Å². The van der Waals surface area contributed by atoms with E-state index in [2.05, 4.69) is 10.6 Å². The van der Waals surface area contributed by atoms with Crippen molar-refractivity contribution in [3.63, 3.8) is 0 Å². The number of para-hydroxylation sites is 1. The van der Waals surface area contributed by atoms with Crippen LogP contribution in [0.5, 0.6) is 0 Å². The Kier molecular flexibility index (Phi) is 5.62. The minimum atomic E-state index is -0.507. The first kappa shape index (κ1) is 15.3. The van der Waals surface area contributed by atoms with Crippen molar-refractivity contribution in [1.82, 2.24) is 5.32 Å². The standard InChI is InChI=1S/C12H17N3O3S/c1-8(19-3)7-14-12(16)9-5-4-6-10(15(17)18)11(9)13-2/h4-6,8,13H,7H2,1-3H3,(H,14,16). The molecule has 6 nitrogen and oxygen atoms in total. The molecule has 1 aromatic rings. The Morgan fingerprint density at radius 1 is 1.53 bits per heavy atom. The zero-order valence-electron chi connectivity index (χ0n) is 11.1. The lowest BCUT2D eigenvalue weighted by Crippen LogP contribution is -2.30. The number of nitro groups is 1. The van der Waals surface area contributed by atoms with Crippen LogP contribution in [0.1, 0.15) is 17.3 Å². The minimum absolute atomic E-state index is 0.104. The second-order valence-electron chi connectivity index (χ2n) is 3.96. The van der Waals surface area contributed by atoms with Gasteiger partial charge in [-0.15, -0.1) is 0 Å². The van der Waals surface area contributed by atoms with Crippen molar-refractivity contribution in [2.24, 2.45) is 0 Å². The van der Waals surface area contributed by atoms with Crippen LogP contribution in [0.3, 0.4) is 0 Å². The van der Waals surface area contributed by atoms with Gasteiger partial charge in [0, 0.05) is 24.9 Å². The summed E-state index contributed by atoms with van der Waals surface area (Å²) < 4.78 is 0. The maximum atomic E-state index is 12.0. The predicted octanol–water partition coefficient (Wildman–Crippen LogP) is 2.12. The van der Waals surface area contributed by atoms with Gasteiger partial charge >= 0.3 is 0 Å². The van der Waals surface area contributed by atoms with Crippen molar-refractivity contribution < 1.29 is 9.72 Å². The Hall–Kier alpha value is -1.76. The SMILES string of the molecule is CNc1c(C(=O)NCC(C)SC)cccc1[N+](=O)[O-]. The van der Waals surface area contributed by atoms with E-state index >= 15 is 0 Å². The van der Waals surface area contributed by atoms with Crippen LogP contribution in [0.2, 0.25) is 0 Å². The molecule has 104 valence electrons. The maximum absolute atomic E-state index is 12.0. The van der Waals surface area contributed by atoms with Gasteiger partial charge in [-0.1, -0.05) is 13.0 Å². The Bertz CT molecular complexity index is 479. The summed E-state index contributed by atoms with van der Waals surface area (Å²) in [5.41, 5.74) is 0.417. The smallest absolute Gasteiger partial charge is 0.293 e. The number of hydrogen-bond donors (Lipinski definition) is 2. The van der Waals surface area contributed by atoms with Crippen LogP contribution in [-0.2, 0) is 0 Å². The molecule has 0 saturated carbocycles. The molecule has 0 spiro atoms. The lowest BCUT2D eigenvalue weighted by Gasteiger charge is -2.12. The van der Waals surface area contributed by atoms with Gasteiger partial charge in [0.2, 0.25) is 0 Å². The maximum Gasteiger partial charge on any atom is 0.293 e. The van der Waals surface area contributed by atoms with Crippen LogP contribution in [0.25, 0.3) is 0 Å². The van der Waals surface area contributed by atoms with Crippen LogP contribution in [0, 0.1) is 10.1 Å². The number of carbonyl (C=O) groups is 1. The third-order valence-electron chi connectivity index (χ3n) is 2.69. The number of nitro benzene ring substituents is 1. The first-order valence-electron chi connectivity index (χ1n) is 5.77. The quantitative estimate of drug-likeness (QED) is 0.617. The molecule has 1 aromatic carbocycles. The van der Waals surface area contributed by atoms with Gasteiger partial charge in [-0.2, -0.15) is 11.8 Å². The molecule has 1 atom stereocenters. The summed E-state index contributed by atoms with van der Waals surface area (Å²) in [5, 5.41) is 16.7. The van der Waals surface area contributed by atoms with Crippen molar-refractivity contribution >= 4 is 29.0 Å². The fraction of sp³-hybridized carbons (Fsp3) is 0.417. The molecule has 0 aliphatic rings. The van der Waals surface area contributed by atoms with Crippen LogP contribution in [0.4, 0.5) is 11.4 Å². The van der Waals surface area contributed by atoms with Gasteiger partial charge in [0.05, 0.1) is 10.5 Å². The Morgan fingerprint density at radius 3 is 2.74 bits per heavy atom. The molecule has 0 heterocycles. The van der Waals surface area contributed by atoms with E-state index < -0.39 is 4.92 Å². The van der Waals surface area contributed by atoms with E-state index in [0.29, 0.717) is 11.8 Å². The average Bonchev–Trinajstić information content (AvgIpc) is 2.43. The second kappa shape index (κ2) is 6.98. The van der Waals surface area contributed by atoms with Crippen molar-refractivity contribution in [3.8, 4) is 0 Å². The van der Waals surface area contributed by atoms with Crippen LogP contribution >= 0.6 is 11.8 Å². The van der Waals surface area contributed by atoms with E-state index in [1.807, 2.05) is 13.2 Å². The zero-order valence-corrected chi connectivity index (χ0v) is 11.9. The monoisotopic (exact) mass is 283 g/mol. The van der Waals surface area contributed by atoms with Gasteiger partial charge in [-0.3, -0.25) is 14.9 Å². The van der Waals surface area contributed by atoms with E-state index in [9.17, 15) is 14.9 Å². The highest BCUT2D eigenvalue weighted by molar-refractivity contribution is 7.99. The van der Waals surface area contributed by atoms with Crippen molar-refractivity contribution in [2.75, 3.05) is 25.2 Å². The molecule has 1 unspecified atom stereocenters. The van der Waals surface area contributed by atoms with Gasteiger partial charge in [-0.05, 0) is 12.3 Å². The van der Waals surface area contributed by atoms with E-state index in [-0.39, 0.29) is 22.8 Å². The number of nitrogens with one attached hydrogen (secondary N) is 2. The fourth-order valence-corrected chi connectivity index (χ4v) is 1.81. The number of amides is 1. The lowest BCUT2D eigenvalue weighted by atomic mass is 10.1. The summed E-state index contributed by atoms with van der Waals surface area (Å²) in [6.45, 7) is 2.52. The van der Waals surface area contributed by atoms with Gasteiger partial charge in [0.25, 0.3) is 11.6 Å². The van der Waals surface area contributed by atoms with E-state index in [1.165, 1.54) is 12.1 Å². The number of benzene rings is 1. The number of hydrogen-bond acceptors (Lipinski definition) is 5. The molecule has 2 N–H and O–H groups in total. The summed E-state index contributed by atoms with van der Waals surface area (Å²) >= 11 is 1.64. The highest BCUT2D eigenvalue weighted by Gasteiger charge is 2.20. The average molecular weight is 283 g/mol. The summed E-state index contributed by atoms with van der Waals surface area (Å²) in [7, 11) is 1.56. The van der Waals surface area contributed by atoms with Gasteiger partial charge in [0.15, 0.2) is 0 Å². The van der Waals surface area contributed by atoms with Crippen LogP contribution in [0.15, 0.2) is 18.2 Å². The molecule has 0 fully saturated rings. The molecule has 0 aliphatic heterocycles. The summed E-state index contributed by atoms with van der Waals surface area (Å²) in [6, 6.07) is 4.44. The van der Waals surface area contributed by atoms with E-state index in [4.69, 9.17) is 0 Å². The number of anilines is 1. The number of thioether (sulfide) groups is 1. The molecule has 0 saturated heterocycles. The molecule has 19 heavy (non-hydrogen) atoms. The number of carbonyl (C=O) groups excluding carboxylic acids is 1. The second-order valence-corrected chi connectivity index (χ2v) is 5.24. The van der Waals surface area contributed by atoms with E-state index in [1.54, 1.807) is 24.9 Å². The molecule has 0 radical (unpaired) electrons. The van der Waals surface area contributed by atoms with Crippen molar-refractivity contribution in [2.45, 2.75) is 12.2 Å². The highest BCUT2D eigenvalue weighted by Crippen LogP contribution is 2.27. The lowest BCUT2D eigenvalue weighted by molar-refractivity contribution is -0.384. The molecule has 0 aliphatic carbocycles. The minimum Gasteiger partial charge on any atom is -0.382 e. The Morgan fingerprint density at radius 2 is 2.21 bits per heavy atom. The van der Waals surface area contributed by atoms with Gasteiger partial charge < -0.3 is 10.6 Å². The molecule has 0 aromatic heterocycles. The fourth-order valence-electron chi connectivity index (χ4n) is 1.56.